The first-order chi connectivity index (χ1) is 14.2. The van der Waals surface area contributed by atoms with Crippen LogP contribution in [0.25, 0.3) is 10.9 Å². The van der Waals surface area contributed by atoms with E-state index in [9.17, 15) is 9.18 Å². The van der Waals surface area contributed by atoms with E-state index >= 15 is 0 Å². The Morgan fingerprint density at radius 1 is 1.21 bits per heavy atom. The fourth-order valence-electron chi connectivity index (χ4n) is 4.08. The Morgan fingerprint density at radius 2 is 2.00 bits per heavy atom. The third kappa shape index (κ3) is 4.27. The van der Waals surface area contributed by atoms with Gasteiger partial charge in [0.15, 0.2) is 0 Å². The van der Waals surface area contributed by atoms with Gasteiger partial charge in [-0.1, -0.05) is 12.1 Å². The summed E-state index contributed by atoms with van der Waals surface area (Å²) in [7, 11) is 1.37. The zero-order valence-electron chi connectivity index (χ0n) is 16.5. The third-order valence-corrected chi connectivity index (χ3v) is 5.66. The summed E-state index contributed by atoms with van der Waals surface area (Å²) < 4.78 is 24.1. The molecule has 1 aliphatic rings. The average Bonchev–Trinajstić information content (AvgIpc) is 3.17. The van der Waals surface area contributed by atoms with E-state index in [1.165, 1.54) is 18.7 Å². The van der Waals surface area contributed by atoms with Crippen LogP contribution in [0.3, 0.4) is 0 Å². The molecule has 1 N–H and O–H groups in total. The van der Waals surface area contributed by atoms with E-state index in [0.717, 1.165) is 43.4 Å². The predicted octanol–water partition coefficient (Wildman–Crippen LogP) is 4.35. The number of nitrogens with zero attached hydrogens (tertiary/aromatic N) is 1. The number of esters is 1. The fraction of sp³-hybridized carbons (Fsp3) is 0.348. The molecule has 0 atom stereocenters. The van der Waals surface area contributed by atoms with E-state index < -0.39 is 0 Å². The van der Waals surface area contributed by atoms with Crippen LogP contribution in [0.4, 0.5) is 4.39 Å². The van der Waals surface area contributed by atoms with Gasteiger partial charge >= 0.3 is 5.97 Å². The Hall–Kier alpha value is -2.86. The second-order valence-corrected chi connectivity index (χ2v) is 7.39. The normalized spacial score (nSPS) is 15.5. The number of likely N-dealkylation sites (tertiary alicyclic amines) is 1. The van der Waals surface area contributed by atoms with Gasteiger partial charge in [0.2, 0.25) is 0 Å². The molecule has 152 valence electrons. The number of fused-ring (bicyclic) bond motifs is 1. The van der Waals surface area contributed by atoms with Crippen LogP contribution in [-0.4, -0.2) is 49.2 Å². The number of methoxy groups -OCH3 is 1. The average molecular weight is 396 g/mol. The molecule has 5 nitrogen and oxygen atoms in total. The van der Waals surface area contributed by atoms with Crippen LogP contribution in [0.15, 0.2) is 48.7 Å². The molecule has 4 rings (SSSR count). The van der Waals surface area contributed by atoms with Gasteiger partial charge in [0.05, 0.1) is 7.11 Å². The highest BCUT2D eigenvalue weighted by atomic mass is 19.1. The number of rotatable bonds is 6. The molecule has 0 bridgehead atoms. The highest BCUT2D eigenvalue weighted by Gasteiger charge is 2.23. The van der Waals surface area contributed by atoms with Crippen molar-refractivity contribution in [3.05, 3.63) is 65.6 Å². The molecule has 6 heteroatoms. The molecule has 1 aliphatic heterocycles. The van der Waals surface area contributed by atoms with Gasteiger partial charge in [-0.3, -0.25) is 4.90 Å². The van der Waals surface area contributed by atoms with E-state index in [2.05, 4.69) is 9.88 Å². The van der Waals surface area contributed by atoms with E-state index in [4.69, 9.17) is 9.47 Å². The van der Waals surface area contributed by atoms with Crippen LogP contribution in [0.5, 0.6) is 5.75 Å². The highest BCUT2D eigenvalue weighted by molar-refractivity contribution is 5.92. The standard InChI is InChI=1S/C23H25FN2O3/c1-28-23(27)19-4-2-3-5-22(19)29-13-12-26-10-8-16(9-11-26)20-15-25-21-14-17(24)6-7-18(20)21/h2-7,14-16,25H,8-13H2,1H3. The molecule has 3 aromatic rings. The van der Waals surface area contributed by atoms with Crippen molar-refractivity contribution in [2.24, 2.45) is 0 Å². The number of carbonyl (C=O) groups excluding carboxylic acids is 1. The van der Waals surface area contributed by atoms with Crippen LogP contribution in [-0.2, 0) is 4.74 Å². The number of nitrogens with one attached hydrogen (secondary N) is 1. The molecule has 0 amide bonds. The second kappa shape index (κ2) is 8.66. The molecule has 1 fully saturated rings. The molecule has 29 heavy (non-hydrogen) atoms. The van der Waals surface area contributed by atoms with Gasteiger partial charge in [0.25, 0.3) is 0 Å². The van der Waals surface area contributed by atoms with E-state index in [0.29, 0.717) is 23.8 Å². The molecule has 0 saturated carbocycles. The van der Waals surface area contributed by atoms with E-state index in [1.54, 1.807) is 24.3 Å². The van der Waals surface area contributed by atoms with Crippen molar-refractivity contribution >= 4 is 16.9 Å². The van der Waals surface area contributed by atoms with Gasteiger partial charge in [-0.15, -0.1) is 0 Å². The second-order valence-electron chi connectivity index (χ2n) is 7.39. The maximum atomic E-state index is 13.4. The number of hydrogen-bond acceptors (Lipinski definition) is 4. The lowest BCUT2D eigenvalue weighted by Crippen LogP contribution is -2.35. The summed E-state index contributed by atoms with van der Waals surface area (Å²) in [6, 6.07) is 12.1. The van der Waals surface area contributed by atoms with E-state index in [1.807, 2.05) is 18.3 Å². The summed E-state index contributed by atoms with van der Waals surface area (Å²) in [5, 5.41) is 1.12. The zero-order chi connectivity index (χ0) is 20.2. The largest absolute Gasteiger partial charge is 0.491 e. The number of halogens is 1. The summed E-state index contributed by atoms with van der Waals surface area (Å²) >= 11 is 0. The minimum absolute atomic E-state index is 0.213. The van der Waals surface area contributed by atoms with Crippen LogP contribution >= 0.6 is 0 Å². The number of carbonyl (C=O) groups is 1. The molecule has 0 aliphatic carbocycles. The summed E-state index contributed by atoms with van der Waals surface area (Å²) in [5.41, 5.74) is 2.59. The van der Waals surface area contributed by atoms with Gasteiger partial charge in [-0.05, 0) is 67.7 Å². The van der Waals surface area contributed by atoms with Crippen molar-refractivity contribution in [2.45, 2.75) is 18.8 Å². The number of para-hydroxylation sites is 1. The summed E-state index contributed by atoms with van der Waals surface area (Å²) in [6.07, 6.45) is 4.14. The Morgan fingerprint density at radius 3 is 2.79 bits per heavy atom. The first kappa shape index (κ1) is 19.5. The lowest BCUT2D eigenvalue weighted by molar-refractivity contribution is 0.0595. The van der Waals surface area contributed by atoms with Gasteiger partial charge in [0.1, 0.15) is 23.7 Å². The first-order valence-electron chi connectivity index (χ1n) is 9.94. The molecule has 1 saturated heterocycles. The summed E-state index contributed by atoms with van der Waals surface area (Å²) in [4.78, 5) is 17.4. The minimum Gasteiger partial charge on any atom is -0.491 e. The number of aromatic amines is 1. The number of H-pyrrole nitrogens is 1. The minimum atomic E-state index is -0.389. The Kier molecular flexibility index (Phi) is 5.81. The number of aromatic nitrogens is 1. The van der Waals surface area contributed by atoms with Crippen LogP contribution in [0.2, 0.25) is 0 Å². The van der Waals surface area contributed by atoms with Crippen molar-refractivity contribution in [1.82, 2.24) is 9.88 Å². The van der Waals surface area contributed by atoms with Gasteiger partial charge in [-0.2, -0.15) is 0 Å². The quantitative estimate of drug-likeness (QED) is 0.630. The molecular weight excluding hydrogens is 371 g/mol. The molecule has 0 radical (unpaired) electrons. The maximum Gasteiger partial charge on any atom is 0.341 e. The highest BCUT2D eigenvalue weighted by Crippen LogP contribution is 2.33. The fourth-order valence-corrected chi connectivity index (χ4v) is 4.08. The maximum absolute atomic E-state index is 13.4. The van der Waals surface area contributed by atoms with E-state index in [-0.39, 0.29) is 11.8 Å². The molecule has 2 heterocycles. The smallest absolute Gasteiger partial charge is 0.341 e. The Bertz CT molecular complexity index is 993. The number of benzene rings is 2. The Balaban J connectivity index is 1.30. The first-order valence-corrected chi connectivity index (χ1v) is 9.94. The predicted molar refractivity (Wildman–Crippen MR) is 110 cm³/mol. The molecule has 2 aromatic carbocycles. The van der Waals surface area contributed by atoms with Crippen LogP contribution in [0, 0.1) is 5.82 Å². The lowest BCUT2D eigenvalue weighted by atomic mass is 9.89. The SMILES string of the molecule is COC(=O)c1ccccc1OCCN1CCC(c2c[nH]c3cc(F)ccc23)CC1. The van der Waals surface area contributed by atoms with Crippen molar-refractivity contribution < 1.29 is 18.7 Å². The van der Waals surface area contributed by atoms with Gasteiger partial charge < -0.3 is 14.5 Å². The monoisotopic (exact) mass is 396 g/mol. The van der Waals surface area contributed by atoms with Crippen molar-refractivity contribution in [1.29, 1.82) is 0 Å². The van der Waals surface area contributed by atoms with Crippen molar-refractivity contribution in [2.75, 3.05) is 33.4 Å². The number of hydrogen-bond donors (Lipinski definition) is 1. The van der Waals surface area contributed by atoms with Crippen molar-refractivity contribution in [3.8, 4) is 5.75 Å². The lowest BCUT2D eigenvalue weighted by Gasteiger charge is -2.31. The van der Waals surface area contributed by atoms with Gasteiger partial charge in [-0.25, -0.2) is 9.18 Å². The molecule has 0 spiro atoms. The zero-order valence-corrected chi connectivity index (χ0v) is 16.5. The van der Waals surface area contributed by atoms with Gasteiger partial charge in [0, 0.05) is 23.6 Å². The number of piperidine rings is 1. The van der Waals surface area contributed by atoms with Crippen LogP contribution < -0.4 is 4.74 Å². The summed E-state index contributed by atoms with van der Waals surface area (Å²) in [5.74, 6) is 0.432. The topological polar surface area (TPSA) is 54.6 Å². The molecular formula is C23H25FN2O3. The molecule has 1 aromatic heterocycles. The summed E-state index contributed by atoms with van der Waals surface area (Å²) in [6.45, 7) is 3.30. The number of ether oxygens (including phenoxy) is 2. The Labute approximate surface area is 169 Å². The third-order valence-electron chi connectivity index (χ3n) is 5.66. The van der Waals surface area contributed by atoms with Crippen LogP contribution in [0.1, 0.15) is 34.7 Å². The molecule has 0 unspecified atom stereocenters. The van der Waals surface area contributed by atoms with Crippen molar-refractivity contribution in [3.63, 3.8) is 0 Å².